The van der Waals surface area contributed by atoms with E-state index in [1.807, 2.05) is 4.90 Å². The second-order valence-corrected chi connectivity index (χ2v) is 4.37. The number of nitrogens with zero attached hydrogens (tertiary/aromatic N) is 1. The van der Waals surface area contributed by atoms with Crippen LogP contribution in [-0.2, 0) is 0 Å². The number of hydrogen-bond acceptors (Lipinski definition) is 3. The molecule has 1 aromatic carbocycles. The van der Waals surface area contributed by atoms with Crippen LogP contribution in [0.5, 0.6) is 5.75 Å². The first-order valence-electron chi connectivity index (χ1n) is 5.98. The Morgan fingerprint density at radius 1 is 1.56 bits per heavy atom. The molecule has 1 saturated heterocycles. The van der Waals surface area contributed by atoms with Gasteiger partial charge >= 0.3 is 5.97 Å². The first-order valence-corrected chi connectivity index (χ1v) is 5.98. The zero-order valence-corrected chi connectivity index (χ0v) is 10.0. The fraction of sp³-hybridized carbons (Fsp3) is 0.462. The topological polar surface area (TPSA) is 49.8 Å². The minimum atomic E-state index is -0.972. The van der Waals surface area contributed by atoms with E-state index in [1.54, 1.807) is 12.1 Å². The molecule has 1 unspecified atom stereocenters. The van der Waals surface area contributed by atoms with Crippen LogP contribution >= 0.6 is 0 Å². The Morgan fingerprint density at radius 3 is 3.06 bits per heavy atom. The summed E-state index contributed by atoms with van der Waals surface area (Å²) < 4.78 is 18.4. The largest absolute Gasteiger partial charge is 0.492 e. The first-order chi connectivity index (χ1) is 8.65. The van der Waals surface area contributed by atoms with E-state index in [-0.39, 0.29) is 5.56 Å². The number of rotatable bonds is 5. The molecule has 0 aliphatic carbocycles. The Labute approximate surface area is 105 Å². The fourth-order valence-corrected chi connectivity index (χ4v) is 2.00. The van der Waals surface area contributed by atoms with Crippen LogP contribution in [0.4, 0.5) is 4.39 Å². The SMILES string of the molecule is O=C(O)c1cccc(OCCN2CCC(F)C2)c1. The standard InChI is InChI=1S/C13H16FNO3/c14-11-4-5-15(9-11)6-7-18-12-3-1-2-10(8-12)13(16)17/h1-3,8,11H,4-7,9H2,(H,16,17). The summed E-state index contributed by atoms with van der Waals surface area (Å²) in [6.07, 6.45) is -0.130. The maximum absolute atomic E-state index is 12.9. The van der Waals surface area contributed by atoms with Crippen LogP contribution in [0.2, 0.25) is 0 Å². The lowest BCUT2D eigenvalue weighted by Crippen LogP contribution is -2.26. The molecule has 1 aliphatic rings. The zero-order chi connectivity index (χ0) is 13.0. The summed E-state index contributed by atoms with van der Waals surface area (Å²) in [5.41, 5.74) is 0.206. The number of likely N-dealkylation sites (tertiary alicyclic amines) is 1. The van der Waals surface area contributed by atoms with E-state index in [9.17, 15) is 9.18 Å². The van der Waals surface area contributed by atoms with Crippen LogP contribution in [0.15, 0.2) is 24.3 Å². The van der Waals surface area contributed by atoms with Crippen molar-refractivity contribution in [2.75, 3.05) is 26.2 Å². The van der Waals surface area contributed by atoms with Gasteiger partial charge in [-0.2, -0.15) is 0 Å². The summed E-state index contributed by atoms with van der Waals surface area (Å²) in [4.78, 5) is 12.8. The molecule has 1 N–H and O–H groups in total. The van der Waals surface area contributed by atoms with Crippen molar-refractivity contribution in [3.8, 4) is 5.75 Å². The Morgan fingerprint density at radius 2 is 2.39 bits per heavy atom. The van der Waals surface area contributed by atoms with Gasteiger partial charge in [0, 0.05) is 19.6 Å². The van der Waals surface area contributed by atoms with Gasteiger partial charge in [0.2, 0.25) is 0 Å². The molecule has 1 aromatic rings. The minimum Gasteiger partial charge on any atom is -0.492 e. The number of benzene rings is 1. The third-order valence-electron chi connectivity index (χ3n) is 2.97. The molecule has 1 atom stereocenters. The van der Waals surface area contributed by atoms with Gasteiger partial charge in [-0.1, -0.05) is 6.07 Å². The highest BCUT2D eigenvalue weighted by molar-refractivity contribution is 5.87. The molecule has 0 aromatic heterocycles. The van der Waals surface area contributed by atoms with Gasteiger partial charge in [-0.3, -0.25) is 4.90 Å². The van der Waals surface area contributed by atoms with Gasteiger partial charge in [0.05, 0.1) is 5.56 Å². The van der Waals surface area contributed by atoms with Crippen molar-refractivity contribution in [3.63, 3.8) is 0 Å². The molecule has 2 rings (SSSR count). The first kappa shape index (κ1) is 12.8. The lowest BCUT2D eigenvalue weighted by Gasteiger charge is -2.15. The normalized spacial score (nSPS) is 19.9. The molecule has 0 spiro atoms. The highest BCUT2D eigenvalue weighted by atomic mass is 19.1. The Kier molecular flexibility index (Phi) is 4.15. The number of carboxylic acids is 1. The van der Waals surface area contributed by atoms with Crippen LogP contribution in [0, 0.1) is 0 Å². The van der Waals surface area contributed by atoms with Gasteiger partial charge in [-0.15, -0.1) is 0 Å². The molecule has 98 valence electrons. The van der Waals surface area contributed by atoms with Gasteiger partial charge in [0.25, 0.3) is 0 Å². The van der Waals surface area contributed by atoms with E-state index in [0.717, 1.165) is 6.54 Å². The minimum absolute atomic E-state index is 0.206. The number of carboxylic acid groups (broad SMARTS) is 1. The number of hydrogen-bond donors (Lipinski definition) is 1. The molecular weight excluding hydrogens is 237 g/mol. The van der Waals surface area contributed by atoms with Crippen LogP contribution in [0.25, 0.3) is 0 Å². The van der Waals surface area contributed by atoms with Crippen molar-refractivity contribution in [3.05, 3.63) is 29.8 Å². The molecule has 18 heavy (non-hydrogen) atoms. The van der Waals surface area contributed by atoms with Crippen LogP contribution in [0.1, 0.15) is 16.8 Å². The number of halogens is 1. The van der Waals surface area contributed by atoms with E-state index in [2.05, 4.69) is 0 Å². The van der Waals surface area contributed by atoms with Crippen LogP contribution in [-0.4, -0.2) is 48.4 Å². The van der Waals surface area contributed by atoms with Gasteiger partial charge < -0.3 is 9.84 Å². The Hall–Kier alpha value is -1.62. The van der Waals surface area contributed by atoms with Crippen LogP contribution < -0.4 is 4.74 Å². The summed E-state index contributed by atoms with van der Waals surface area (Å²) in [5, 5.41) is 8.83. The number of ether oxygens (including phenoxy) is 1. The lowest BCUT2D eigenvalue weighted by molar-refractivity contribution is 0.0696. The summed E-state index contributed by atoms with van der Waals surface area (Å²) >= 11 is 0. The molecule has 1 aliphatic heterocycles. The second-order valence-electron chi connectivity index (χ2n) is 4.37. The zero-order valence-electron chi connectivity index (χ0n) is 10.0. The predicted molar refractivity (Wildman–Crippen MR) is 64.8 cm³/mol. The summed E-state index contributed by atoms with van der Waals surface area (Å²) in [6.45, 7) is 2.34. The second kappa shape index (κ2) is 5.82. The Balaban J connectivity index is 1.79. The van der Waals surface area contributed by atoms with Crippen LogP contribution in [0.3, 0.4) is 0 Å². The van der Waals surface area contributed by atoms with Crippen molar-refractivity contribution in [2.45, 2.75) is 12.6 Å². The fourth-order valence-electron chi connectivity index (χ4n) is 2.00. The van der Waals surface area contributed by atoms with Crippen molar-refractivity contribution < 1.29 is 19.0 Å². The molecule has 1 heterocycles. The molecule has 1 fully saturated rings. The van der Waals surface area contributed by atoms with Crippen molar-refractivity contribution in [2.24, 2.45) is 0 Å². The molecule has 0 bridgehead atoms. The van der Waals surface area contributed by atoms with Gasteiger partial charge in [-0.25, -0.2) is 9.18 Å². The van der Waals surface area contributed by atoms with E-state index in [4.69, 9.17) is 9.84 Å². The monoisotopic (exact) mass is 253 g/mol. The van der Waals surface area contributed by atoms with Gasteiger partial charge in [-0.05, 0) is 24.6 Å². The average Bonchev–Trinajstić information content (AvgIpc) is 2.75. The summed E-state index contributed by atoms with van der Waals surface area (Å²) in [7, 11) is 0. The third kappa shape index (κ3) is 3.43. The van der Waals surface area contributed by atoms with E-state index in [1.165, 1.54) is 12.1 Å². The number of aromatic carboxylic acids is 1. The predicted octanol–water partition coefficient (Wildman–Crippen LogP) is 1.81. The quantitative estimate of drug-likeness (QED) is 0.869. The molecule has 5 heteroatoms. The summed E-state index contributed by atoms with van der Waals surface area (Å²) in [5.74, 6) is -0.439. The highest BCUT2D eigenvalue weighted by Gasteiger charge is 2.21. The van der Waals surface area contributed by atoms with Crippen molar-refractivity contribution in [1.29, 1.82) is 0 Å². The highest BCUT2D eigenvalue weighted by Crippen LogP contribution is 2.14. The Bertz CT molecular complexity index is 424. The maximum Gasteiger partial charge on any atom is 0.335 e. The maximum atomic E-state index is 12.9. The van der Waals surface area contributed by atoms with Gasteiger partial charge in [0.15, 0.2) is 0 Å². The number of carbonyl (C=O) groups is 1. The molecule has 0 saturated carbocycles. The molecule has 0 radical (unpaired) electrons. The van der Waals surface area contributed by atoms with Gasteiger partial charge in [0.1, 0.15) is 18.5 Å². The van der Waals surface area contributed by atoms with E-state index >= 15 is 0 Å². The molecular formula is C13H16FNO3. The lowest BCUT2D eigenvalue weighted by atomic mass is 10.2. The molecule has 4 nitrogen and oxygen atoms in total. The van der Waals surface area contributed by atoms with Crippen molar-refractivity contribution >= 4 is 5.97 Å². The molecule has 0 amide bonds. The smallest absolute Gasteiger partial charge is 0.335 e. The van der Waals surface area contributed by atoms with Crippen molar-refractivity contribution in [1.82, 2.24) is 4.90 Å². The van der Waals surface area contributed by atoms with E-state index < -0.39 is 12.1 Å². The number of alkyl halides is 1. The third-order valence-corrected chi connectivity index (χ3v) is 2.97. The summed E-state index contributed by atoms with van der Waals surface area (Å²) in [6, 6.07) is 6.37. The van der Waals surface area contributed by atoms with E-state index in [0.29, 0.717) is 31.9 Å². The average molecular weight is 253 g/mol.